The molecule has 2 aromatic rings. The summed E-state index contributed by atoms with van der Waals surface area (Å²) in [6, 6.07) is 13.2. The van der Waals surface area contributed by atoms with Crippen molar-refractivity contribution in [2.24, 2.45) is 10.2 Å². The van der Waals surface area contributed by atoms with Gasteiger partial charge in [-0.2, -0.15) is 10.2 Å². The number of azo groups is 1. The molecule has 18 heavy (non-hydrogen) atoms. The fraction of sp³-hybridized carbons (Fsp3) is 0. The maximum Gasteiger partial charge on any atom is 0.335 e. The summed E-state index contributed by atoms with van der Waals surface area (Å²) in [5.41, 5.74) is 7.54. The third-order valence-electron chi connectivity index (χ3n) is 2.27. The fourth-order valence-corrected chi connectivity index (χ4v) is 1.36. The van der Waals surface area contributed by atoms with Gasteiger partial charge in [-0.15, -0.1) is 0 Å². The summed E-state index contributed by atoms with van der Waals surface area (Å²) in [6.07, 6.45) is 0. The van der Waals surface area contributed by atoms with Crippen LogP contribution in [0.25, 0.3) is 0 Å². The average molecular weight is 241 g/mol. The largest absolute Gasteiger partial charge is 0.478 e. The van der Waals surface area contributed by atoms with Crippen molar-refractivity contribution in [2.45, 2.75) is 0 Å². The highest BCUT2D eigenvalue weighted by molar-refractivity contribution is 5.88. The predicted octanol–water partition coefficient (Wildman–Crippen LogP) is 3.38. The number of hydrogen-bond donors (Lipinski definition) is 2. The Balaban J connectivity index is 2.20. The van der Waals surface area contributed by atoms with Crippen molar-refractivity contribution in [3.63, 3.8) is 0 Å². The molecule has 0 radical (unpaired) electrons. The Labute approximate surface area is 104 Å². The first-order valence-electron chi connectivity index (χ1n) is 5.26. The zero-order chi connectivity index (χ0) is 13.0. The van der Waals surface area contributed by atoms with E-state index in [-0.39, 0.29) is 5.56 Å². The molecule has 0 spiro atoms. The molecule has 0 saturated carbocycles. The van der Waals surface area contributed by atoms with Crippen molar-refractivity contribution in [1.82, 2.24) is 0 Å². The smallest absolute Gasteiger partial charge is 0.335 e. The number of nitrogens with two attached hydrogens (primary N) is 1. The zero-order valence-corrected chi connectivity index (χ0v) is 9.45. The van der Waals surface area contributed by atoms with Crippen LogP contribution in [0.4, 0.5) is 17.1 Å². The minimum absolute atomic E-state index is 0.184. The standard InChI is InChI=1S/C13H11N3O2/c14-10-4-6-11(7-5-10)15-16-12-3-1-2-9(8-12)13(17)18/h1-8H,14H2,(H,17,18). The Bertz CT molecular complexity index is 591. The monoisotopic (exact) mass is 241 g/mol. The van der Waals surface area contributed by atoms with Crippen LogP contribution in [-0.4, -0.2) is 11.1 Å². The van der Waals surface area contributed by atoms with Crippen LogP contribution in [0.3, 0.4) is 0 Å². The fourth-order valence-electron chi connectivity index (χ4n) is 1.36. The minimum atomic E-state index is -0.987. The normalized spacial score (nSPS) is 10.7. The number of rotatable bonds is 3. The second kappa shape index (κ2) is 5.09. The molecule has 0 unspecified atom stereocenters. The SMILES string of the molecule is Nc1ccc(N=Nc2cccc(C(=O)O)c2)cc1. The van der Waals surface area contributed by atoms with Crippen LogP contribution in [0.2, 0.25) is 0 Å². The molecular weight excluding hydrogens is 230 g/mol. The van der Waals surface area contributed by atoms with Gasteiger partial charge in [-0.05, 0) is 42.5 Å². The molecule has 5 heteroatoms. The Kier molecular flexibility index (Phi) is 3.33. The lowest BCUT2D eigenvalue weighted by atomic mass is 10.2. The van der Waals surface area contributed by atoms with E-state index in [1.54, 1.807) is 36.4 Å². The highest BCUT2D eigenvalue weighted by Gasteiger charge is 2.02. The number of nitrogen functional groups attached to an aromatic ring is 1. The summed E-state index contributed by atoms with van der Waals surface area (Å²) < 4.78 is 0. The third kappa shape index (κ3) is 2.91. The van der Waals surface area contributed by atoms with Crippen LogP contribution in [0.15, 0.2) is 58.8 Å². The Morgan fingerprint density at radius 2 is 1.67 bits per heavy atom. The van der Waals surface area contributed by atoms with E-state index in [0.29, 0.717) is 17.1 Å². The lowest BCUT2D eigenvalue weighted by Crippen LogP contribution is -1.94. The molecule has 0 atom stereocenters. The molecule has 0 amide bonds. The predicted molar refractivity (Wildman–Crippen MR) is 68.4 cm³/mol. The summed E-state index contributed by atoms with van der Waals surface area (Å²) in [7, 11) is 0. The van der Waals surface area contributed by atoms with E-state index < -0.39 is 5.97 Å². The molecule has 0 aliphatic rings. The minimum Gasteiger partial charge on any atom is -0.478 e. The highest BCUT2D eigenvalue weighted by Crippen LogP contribution is 2.20. The molecule has 2 aromatic carbocycles. The molecular formula is C13H11N3O2. The van der Waals surface area contributed by atoms with Crippen LogP contribution in [-0.2, 0) is 0 Å². The maximum atomic E-state index is 10.8. The second-order valence-electron chi connectivity index (χ2n) is 3.65. The second-order valence-corrected chi connectivity index (χ2v) is 3.65. The van der Waals surface area contributed by atoms with Crippen LogP contribution in [0.5, 0.6) is 0 Å². The van der Waals surface area contributed by atoms with E-state index in [4.69, 9.17) is 10.8 Å². The highest BCUT2D eigenvalue weighted by atomic mass is 16.4. The van der Waals surface area contributed by atoms with E-state index in [2.05, 4.69) is 10.2 Å². The Morgan fingerprint density at radius 3 is 2.33 bits per heavy atom. The molecule has 0 heterocycles. The van der Waals surface area contributed by atoms with Gasteiger partial charge in [0.05, 0.1) is 16.9 Å². The molecule has 90 valence electrons. The summed E-state index contributed by atoms with van der Waals surface area (Å²) >= 11 is 0. The molecule has 0 bridgehead atoms. The van der Waals surface area contributed by atoms with Gasteiger partial charge < -0.3 is 10.8 Å². The van der Waals surface area contributed by atoms with E-state index in [9.17, 15) is 4.79 Å². The van der Waals surface area contributed by atoms with Gasteiger partial charge in [0.25, 0.3) is 0 Å². The number of carboxylic acid groups (broad SMARTS) is 1. The lowest BCUT2D eigenvalue weighted by Gasteiger charge is -1.96. The summed E-state index contributed by atoms with van der Waals surface area (Å²) in [5, 5.41) is 16.8. The number of benzene rings is 2. The summed E-state index contributed by atoms with van der Waals surface area (Å²) in [4.78, 5) is 10.8. The van der Waals surface area contributed by atoms with E-state index in [1.807, 2.05) is 0 Å². The first kappa shape index (κ1) is 11.8. The van der Waals surface area contributed by atoms with Crippen molar-refractivity contribution < 1.29 is 9.90 Å². The van der Waals surface area contributed by atoms with Crippen molar-refractivity contribution in [3.8, 4) is 0 Å². The van der Waals surface area contributed by atoms with Gasteiger partial charge in [0.1, 0.15) is 0 Å². The van der Waals surface area contributed by atoms with Gasteiger partial charge >= 0.3 is 5.97 Å². The van der Waals surface area contributed by atoms with Crippen molar-refractivity contribution in [1.29, 1.82) is 0 Å². The number of aromatic carboxylic acids is 1. The van der Waals surface area contributed by atoms with Gasteiger partial charge in [0, 0.05) is 5.69 Å². The van der Waals surface area contributed by atoms with Gasteiger partial charge in [-0.25, -0.2) is 4.79 Å². The number of carboxylic acids is 1. The third-order valence-corrected chi connectivity index (χ3v) is 2.27. The van der Waals surface area contributed by atoms with E-state index in [1.165, 1.54) is 12.1 Å². The topological polar surface area (TPSA) is 88.0 Å². The zero-order valence-electron chi connectivity index (χ0n) is 9.45. The molecule has 0 aromatic heterocycles. The Hall–Kier alpha value is -2.69. The van der Waals surface area contributed by atoms with Gasteiger partial charge in [-0.3, -0.25) is 0 Å². The Morgan fingerprint density at radius 1 is 1.00 bits per heavy atom. The molecule has 0 aliphatic heterocycles. The number of anilines is 1. The van der Waals surface area contributed by atoms with Crippen molar-refractivity contribution >= 4 is 23.0 Å². The molecule has 3 N–H and O–H groups in total. The number of carbonyl (C=O) groups is 1. The van der Waals surface area contributed by atoms with Crippen LogP contribution in [0.1, 0.15) is 10.4 Å². The molecule has 2 rings (SSSR count). The van der Waals surface area contributed by atoms with E-state index >= 15 is 0 Å². The van der Waals surface area contributed by atoms with Gasteiger partial charge in [0.2, 0.25) is 0 Å². The summed E-state index contributed by atoms with van der Waals surface area (Å²) in [5.74, 6) is -0.987. The molecule has 0 saturated heterocycles. The quantitative estimate of drug-likeness (QED) is 0.637. The van der Waals surface area contributed by atoms with Crippen LogP contribution >= 0.6 is 0 Å². The summed E-state index contributed by atoms with van der Waals surface area (Å²) in [6.45, 7) is 0. The molecule has 5 nitrogen and oxygen atoms in total. The first-order chi connectivity index (χ1) is 8.65. The average Bonchev–Trinajstić information content (AvgIpc) is 2.38. The van der Waals surface area contributed by atoms with Gasteiger partial charge in [-0.1, -0.05) is 6.07 Å². The molecule has 0 fully saturated rings. The number of nitrogens with zero attached hydrogens (tertiary/aromatic N) is 2. The molecule has 0 aliphatic carbocycles. The number of hydrogen-bond acceptors (Lipinski definition) is 4. The van der Waals surface area contributed by atoms with Crippen molar-refractivity contribution in [3.05, 3.63) is 54.1 Å². The first-order valence-corrected chi connectivity index (χ1v) is 5.26. The van der Waals surface area contributed by atoms with Crippen LogP contribution in [0, 0.1) is 0 Å². The van der Waals surface area contributed by atoms with Crippen molar-refractivity contribution in [2.75, 3.05) is 5.73 Å². The van der Waals surface area contributed by atoms with Crippen LogP contribution < -0.4 is 5.73 Å². The maximum absolute atomic E-state index is 10.8. The lowest BCUT2D eigenvalue weighted by molar-refractivity contribution is 0.0697. The van der Waals surface area contributed by atoms with E-state index in [0.717, 1.165) is 0 Å². The van der Waals surface area contributed by atoms with Gasteiger partial charge in [0.15, 0.2) is 0 Å².